The molecule has 0 atom stereocenters. The fraction of sp³-hybridized carbons (Fsp3) is 0.438. The third-order valence-corrected chi connectivity index (χ3v) is 2.97. The SMILES string of the molecule is CC(C)c1ccc(-c2cc(NC(C)(C)C)n[nH]2)cc1. The van der Waals surface area contributed by atoms with E-state index in [-0.39, 0.29) is 5.54 Å². The van der Waals surface area contributed by atoms with Crippen LogP contribution >= 0.6 is 0 Å². The van der Waals surface area contributed by atoms with E-state index < -0.39 is 0 Å². The molecule has 0 fully saturated rings. The van der Waals surface area contributed by atoms with E-state index in [0.29, 0.717) is 5.92 Å². The maximum absolute atomic E-state index is 4.30. The van der Waals surface area contributed by atoms with Crippen molar-refractivity contribution in [2.45, 2.75) is 46.1 Å². The fourth-order valence-electron chi connectivity index (χ4n) is 1.97. The molecule has 0 aliphatic rings. The lowest BCUT2D eigenvalue weighted by Crippen LogP contribution is -2.26. The van der Waals surface area contributed by atoms with Gasteiger partial charge in [0.25, 0.3) is 0 Å². The van der Waals surface area contributed by atoms with Crippen LogP contribution < -0.4 is 5.32 Å². The van der Waals surface area contributed by atoms with Crippen LogP contribution in [-0.4, -0.2) is 15.7 Å². The third kappa shape index (κ3) is 3.60. The summed E-state index contributed by atoms with van der Waals surface area (Å²) in [6.45, 7) is 10.8. The zero-order valence-corrected chi connectivity index (χ0v) is 12.4. The minimum atomic E-state index is 0.0218. The molecular formula is C16H23N3. The quantitative estimate of drug-likeness (QED) is 0.855. The number of hydrogen-bond acceptors (Lipinski definition) is 2. The van der Waals surface area contributed by atoms with Gasteiger partial charge < -0.3 is 5.32 Å². The molecule has 0 radical (unpaired) electrons. The van der Waals surface area contributed by atoms with Gasteiger partial charge >= 0.3 is 0 Å². The van der Waals surface area contributed by atoms with Gasteiger partial charge in [-0.15, -0.1) is 0 Å². The van der Waals surface area contributed by atoms with Crippen molar-refractivity contribution in [3.05, 3.63) is 35.9 Å². The van der Waals surface area contributed by atoms with Gasteiger partial charge in [0.05, 0.1) is 5.69 Å². The lowest BCUT2D eigenvalue weighted by Gasteiger charge is -2.19. The van der Waals surface area contributed by atoms with Crippen molar-refractivity contribution in [3.8, 4) is 11.3 Å². The Bertz CT molecular complexity index is 530. The van der Waals surface area contributed by atoms with E-state index in [2.05, 4.69) is 80.5 Å². The number of aromatic nitrogens is 2. The van der Waals surface area contributed by atoms with Gasteiger partial charge in [-0.05, 0) is 37.8 Å². The number of benzene rings is 1. The second-order valence-corrected chi connectivity index (χ2v) is 6.32. The van der Waals surface area contributed by atoms with Crippen molar-refractivity contribution in [1.29, 1.82) is 0 Å². The van der Waals surface area contributed by atoms with Gasteiger partial charge in [-0.3, -0.25) is 5.10 Å². The van der Waals surface area contributed by atoms with E-state index in [4.69, 9.17) is 0 Å². The molecule has 0 spiro atoms. The predicted molar refractivity (Wildman–Crippen MR) is 81.5 cm³/mol. The van der Waals surface area contributed by atoms with Crippen LogP contribution in [0, 0.1) is 0 Å². The highest BCUT2D eigenvalue weighted by atomic mass is 15.2. The first-order chi connectivity index (χ1) is 8.85. The van der Waals surface area contributed by atoms with E-state index in [9.17, 15) is 0 Å². The standard InChI is InChI=1S/C16H23N3/c1-11(2)12-6-8-13(9-7-12)14-10-15(19-18-14)17-16(3,4)5/h6-11H,1-5H3,(H2,17,18,19). The third-order valence-electron chi connectivity index (χ3n) is 2.97. The van der Waals surface area contributed by atoms with Gasteiger partial charge in [0.15, 0.2) is 0 Å². The van der Waals surface area contributed by atoms with Crippen molar-refractivity contribution in [1.82, 2.24) is 10.2 Å². The molecule has 2 rings (SSSR count). The summed E-state index contributed by atoms with van der Waals surface area (Å²) in [5.41, 5.74) is 3.59. The van der Waals surface area contributed by atoms with E-state index >= 15 is 0 Å². The van der Waals surface area contributed by atoms with Crippen molar-refractivity contribution in [2.24, 2.45) is 0 Å². The molecule has 0 amide bonds. The Morgan fingerprint density at radius 3 is 2.26 bits per heavy atom. The Balaban J connectivity index is 2.18. The lowest BCUT2D eigenvalue weighted by molar-refractivity contribution is 0.630. The molecule has 3 nitrogen and oxygen atoms in total. The number of anilines is 1. The number of nitrogens with zero attached hydrogens (tertiary/aromatic N) is 1. The normalized spacial score (nSPS) is 11.9. The van der Waals surface area contributed by atoms with Gasteiger partial charge in [-0.25, -0.2) is 0 Å². The van der Waals surface area contributed by atoms with E-state index in [1.165, 1.54) is 11.1 Å². The highest BCUT2D eigenvalue weighted by Crippen LogP contribution is 2.23. The second-order valence-electron chi connectivity index (χ2n) is 6.32. The number of H-pyrrole nitrogens is 1. The van der Waals surface area contributed by atoms with E-state index in [0.717, 1.165) is 11.5 Å². The molecule has 3 heteroatoms. The Morgan fingerprint density at radius 2 is 1.74 bits per heavy atom. The monoisotopic (exact) mass is 257 g/mol. The first-order valence-electron chi connectivity index (χ1n) is 6.79. The molecule has 19 heavy (non-hydrogen) atoms. The summed E-state index contributed by atoms with van der Waals surface area (Å²) >= 11 is 0. The van der Waals surface area contributed by atoms with Crippen LogP contribution in [0.3, 0.4) is 0 Å². The number of rotatable bonds is 3. The van der Waals surface area contributed by atoms with Gasteiger partial charge in [0.2, 0.25) is 0 Å². The van der Waals surface area contributed by atoms with E-state index in [1.807, 2.05) is 0 Å². The molecule has 102 valence electrons. The Hall–Kier alpha value is -1.77. The summed E-state index contributed by atoms with van der Waals surface area (Å²) in [5.74, 6) is 1.45. The first-order valence-corrected chi connectivity index (χ1v) is 6.79. The molecule has 0 aliphatic carbocycles. The summed E-state index contributed by atoms with van der Waals surface area (Å²) in [6.07, 6.45) is 0. The molecule has 1 aromatic heterocycles. The molecular weight excluding hydrogens is 234 g/mol. The van der Waals surface area contributed by atoms with Gasteiger partial charge in [-0.1, -0.05) is 38.1 Å². The molecule has 0 unspecified atom stereocenters. The minimum absolute atomic E-state index is 0.0218. The smallest absolute Gasteiger partial charge is 0.148 e. The maximum Gasteiger partial charge on any atom is 0.148 e. The lowest BCUT2D eigenvalue weighted by atomic mass is 10.0. The maximum atomic E-state index is 4.30. The highest BCUT2D eigenvalue weighted by Gasteiger charge is 2.12. The summed E-state index contributed by atoms with van der Waals surface area (Å²) in [5, 5.41) is 10.7. The van der Waals surface area contributed by atoms with Crippen molar-refractivity contribution in [2.75, 3.05) is 5.32 Å². The van der Waals surface area contributed by atoms with E-state index in [1.54, 1.807) is 0 Å². The van der Waals surface area contributed by atoms with Crippen LogP contribution in [0.25, 0.3) is 11.3 Å². The zero-order chi connectivity index (χ0) is 14.0. The Kier molecular flexibility index (Phi) is 3.65. The Morgan fingerprint density at radius 1 is 1.11 bits per heavy atom. The molecule has 0 saturated carbocycles. The average Bonchev–Trinajstić information content (AvgIpc) is 2.75. The molecule has 2 N–H and O–H groups in total. The van der Waals surface area contributed by atoms with Gasteiger partial charge in [0, 0.05) is 11.6 Å². The number of hydrogen-bond donors (Lipinski definition) is 2. The molecule has 0 bridgehead atoms. The first kappa shape index (κ1) is 13.7. The summed E-state index contributed by atoms with van der Waals surface area (Å²) < 4.78 is 0. The molecule has 1 heterocycles. The topological polar surface area (TPSA) is 40.7 Å². The number of nitrogens with one attached hydrogen (secondary N) is 2. The van der Waals surface area contributed by atoms with Crippen LogP contribution in [0.4, 0.5) is 5.82 Å². The molecule has 1 aromatic carbocycles. The zero-order valence-electron chi connectivity index (χ0n) is 12.4. The molecule has 0 saturated heterocycles. The average molecular weight is 257 g/mol. The van der Waals surface area contributed by atoms with Crippen LogP contribution in [-0.2, 0) is 0 Å². The van der Waals surface area contributed by atoms with Crippen molar-refractivity contribution >= 4 is 5.82 Å². The van der Waals surface area contributed by atoms with Gasteiger partial charge in [-0.2, -0.15) is 5.10 Å². The van der Waals surface area contributed by atoms with Crippen LogP contribution in [0.5, 0.6) is 0 Å². The highest BCUT2D eigenvalue weighted by molar-refractivity contribution is 5.63. The summed E-state index contributed by atoms with van der Waals surface area (Å²) in [7, 11) is 0. The van der Waals surface area contributed by atoms with Crippen LogP contribution in [0.1, 0.15) is 46.1 Å². The number of aromatic amines is 1. The fourth-order valence-corrected chi connectivity index (χ4v) is 1.97. The molecule has 0 aliphatic heterocycles. The van der Waals surface area contributed by atoms with Crippen molar-refractivity contribution < 1.29 is 0 Å². The summed E-state index contributed by atoms with van der Waals surface area (Å²) in [6, 6.07) is 10.7. The largest absolute Gasteiger partial charge is 0.364 e. The van der Waals surface area contributed by atoms with Crippen LogP contribution in [0.2, 0.25) is 0 Å². The Labute approximate surface area is 115 Å². The molecule has 2 aromatic rings. The van der Waals surface area contributed by atoms with Crippen LogP contribution in [0.15, 0.2) is 30.3 Å². The van der Waals surface area contributed by atoms with Gasteiger partial charge in [0.1, 0.15) is 5.82 Å². The second kappa shape index (κ2) is 5.08. The summed E-state index contributed by atoms with van der Waals surface area (Å²) in [4.78, 5) is 0. The van der Waals surface area contributed by atoms with Crippen molar-refractivity contribution in [3.63, 3.8) is 0 Å². The minimum Gasteiger partial charge on any atom is -0.364 e. The predicted octanol–water partition coefficient (Wildman–Crippen LogP) is 4.41.